The largest absolute Gasteiger partial charge is 0.462 e. The average molecular weight is 793 g/mol. The monoisotopic (exact) mass is 793 g/mol. The molecule has 0 heterocycles. The van der Waals surface area contributed by atoms with Crippen molar-refractivity contribution in [3.8, 4) is 0 Å². The third-order valence-corrected chi connectivity index (χ3v) is 11.6. The molecule has 2 atom stereocenters. The first-order chi connectivity index (χ1) is 27.3. The molecule has 0 aliphatic carbocycles. The smallest absolute Gasteiger partial charge is 0.306 e. The molecule has 0 aliphatic rings. The van der Waals surface area contributed by atoms with Crippen molar-refractivity contribution >= 4 is 17.9 Å². The van der Waals surface area contributed by atoms with Crippen LogP contribution in [0.15, 0.2) is 0 Å². The van der Waals surface area contributed by atoms with Crippen LogP contribution < -0.4 is 0 Å². The number of hydrogen-bond acceptors (Lipinski definition) is 6. The third-order valence-electron chi connectivity index (χ3n) is 11.6. The molecule has 56 heavy (non-hydrogen) atoms. The second kappa shape index (κ2) is 43.0. The summed E-state index contributed by atoms with van der Waals surface area (Å²) in [7, 11) is 0. The van der Waals surface area contributed by atoms with Crippen molar-refractivity contribution < 1.29 is 28.6 Å². The second-order valence-corrected chi connectivity index (χ2v) is 17.8. The van der Waals surface area contributed by atoms with Gasteiger partial charge in [-0.3, -0.25) is 14.4 Å². The Morgan fingerprint density at radius 1 is 0.375 bits per heavy atom. The predicted molar refractivity (Wildman–Crippen MR) is 238 cm³/mol. The number of unbranched alkanes of at least 4 members (excludes halogenated alkanes) is 28. The summed E-state index contributed by atoms with van der Waals surface area (Å²) in [6.45, 7) is 11.3. The summed E-state index contributed by atoms with van der Waals surface area (Å²) in [5.74, 6) is 0.774. The van der Waals surface area contributed by atoms with Gasteiger partial charge in [0.2, 0.25) is 0 Å². The van der Waals surface area contributed by atoms with E-state index in [9.17, 15) is 14.4 Å². The molecule has 6 nitrogen and oxygen atoms in total. The van der Waals surface area contributed by atoms with Gasteiger partial charge in [-0.15, -0.1) is 0 Å². The Hall–Kier alpha value is -1.59. The Balaban J connectivity index is 4.30. The normalized spacial score (nSPS) is 12.5. The Bertz CT molecular complexity index is 856. The van der Waals surface area contributed by atoms with Crippen LogP contribution in [0.5, 0.6) is 0 Å². The van der Waals surface area contributed by atoms with E-state index in [0.717, 1.165) is 69.6 Å². The molecule has 0 aromatic carbocycles. The maximum atomic E-state index is 12.7. The topological polar surface area (TPSA) is 78.9 Å². The van der Waals surface area contributed by atoms with Crippen LogP contribution in [0.25, 0.3) is 0 Å². The molecular formula is C50H96O6. The minimum atomic E-state index is -0.761. The predicted octanol–water partition coefficient (Wildman–Crippen LogP) is 15.8. The van der Waals surface area contributed by atoms with Crippen molar-refractivity contribution in [3.63, 3.8) is 0 Å². The standard InChI is InChI=1S/C50H96O6/c1-6-8-9-10-11-12-13-14-15-16-17-21-24-30-35-40-48(51)54-43-47(44-55-49(52)41-36-31-27-26-28-33-38-45(3)4)56-50(53)42-37-32-25-22-19-18-20-23-29-34-39-46(5)7-2/h45-47H,6-44H2,1-5H3/t46?,47-/m0/s1. The second-order valence-electron chi connectivity index (χ2n) is 17.8. The van der Waals surface area contributed by atoms with Gasteiger partial charge in [-0.2, -0.15) is 0 Å². The summed E-state index contributed by atoms with van der Waals surface area (Å²) < 4.78 is 16.8. The summed E-state index contributed by atoms with van der Waals surface area (Å²) in [5.41, 5.74) is 0. The first-order valence-corrected chi connectivity index (χ1v) is 24.8. The zero-order chi connectivity index (χ0) is 41.2. The SMILES string of the molecule is CCCCCCCCCCCCCCCCCC(=O)OC[C@@H](COC(=O)CCCCCCCCC(C)C)OC(=O)CCCCCCCCCCCCC(C)CC. The highest BCUT2D eigenvalue weighted by atomic mass is 16.6. The first kappa shape index (κ1) is 54.4. The molecular weight excluding hydrogens is 697 g/mol. The number of carbonyl (C=O) groups is 3. The molecule has 0 aliphatic heterocycles. The van der Waals surface area contributed by atoms with E-state index in [2.05, 4.69) is 34.6 Å². The lowest BCUT2D eigenvalue weighted by Gasteiger charge is -2.18. The minimum Gasteiger partial charge on any atom is -0.462 e. The van der Waals surface area contributed by atoms with Crippen molar-refractivity contribution in [1.82, 2.24) is 0 Å². The van der Waals surface area contributed by atoms with Gasteiger partial charge in [0, 0.05) is 19.3 Å². The molecule has 0 saturated heterocycles. The Morgan fingerprint density at radius 2 is 0.679 bits per heavy atom. The van der Waals surface area contributed by atoms with Crippen molar-refractivity contribution in [2.75, 3.05) is 13.2 Å². The van der Waals surface area contributed by atoms with Gasteiger partial charge in [-0.25, -0.2) is 0 Å². The summed E-state index contributed by atoms with van der Waals surface area (Å²) in [6, 6.07) is 0. The van der Waals surface area contributed by atoms with Crippen molar-refractivity contribution in [3.05, 3.63) is 0 Å². The van der Waals surface area contributed by atoms with Gasteiger partial charge < -0.3 is 14.2 Å². The van der Waals surface area contributed by atoms with E-state index < -0.39 is 6.10 Å². The molecule has 0 fully saturated rings. The third kappa shape index (κ3) is 42.0. The van der Waals surface area contributed by atoms with Crippen molar-refractivity contribution in [1.29, 1.82) is 0 Å². The van der Waals surface area contributed by atoms with E-state index in [-0.39, 0.29) is 31.1 Å². The molecule has 0 radical (unpaired) electrons. The molecule has 0 aromatic rings. The van der Waals surface area contributed by atoms with E-state index in [1.807, 2.05) is 0 Å². The molecule has 6 heteroatoms. The molecule has 0 spiro atoms. The number of rotatable bonds is 44. The van der Waals surface area contributed by atoms with Crippen LogP contribution in [0, 0.1) is 11.8 Å². The van der Waals surface area contributed by atoms with Crippen molar-refractivity contribution in [2.24, 2.45) is 11.8 Å². The van der Waals surface area contributed by atoms with Gasteiger partial charge in [-0.1, -0.05) is 234 Å². The molecule has 0 aromatic heterocycles. The van der Waals surface area contributed by atoms with Gasteiger partial charge in [0.15, 0.2) is 6.10 Å². The molecule has 0 N–H and O–H groups in total. The van der Waals surface area contributed by atoms with Crippen LogP contribution in [-0.4, -0.2) is 37.2 Å². The molecule has 1 unspecified atom stereocenters. The van der Waals surface area contributed by atoms with E-state index in [1.165, 1.54) is 161 Å². The number of carbonyl (C=O) groups excluding carboxylic acids is 3. The van der Waals surface area contributed by atoms with Crippen LogP contribution in [0.1, 0.15) is 272 Å². The summed E-state index contributed by atoms with van der Waals surface area (Å²) >= 11 is 0. The Morgan fingerprint density at radius 3 is 1.02 bits per heavy atom. The Labute approximate surface area is 348 Å². The van der Waals surface area contributed by atoms with E-state index in [1.54, 1.807) is 0 Å². The lowest BCUT2D eigenvalue weighted by Crippen LogP contribution is -2.30. The first-order valence-electron chi connectivity index (χ1n) is 24.8. The number of hydrogen-bond donors (Lipinski definition) is 0. The van der Waals surface area contributed by atoms with Gasteiger partial charge in [0.1, 0.15) is 13.2 Å². The van der Waals surface area contributed by atoms with Crippen LogP contribution in [0.3, 0.4) is 0 Å². The lowest BCUT2D eigenvalue weighted by molar-refractivity contribution is -0.167. The van der Waals surface area contributed by atoms with E-state index in [0.29, 0.717) is 19.3 Å². The maximum Gasteiger partial charge on any atom is 0.306 e. The van der Waals surface area contributed by atoms with Crippen LogP contribution in [-0.2, 0) is 28.6 Å². The summed E-state index contributed by atoms with van der Waals surface area (Å²) in [6.07, 6.45) is 42.4. The van der Waals surface area contributed by atoms with Gasteiger partial charge in [-0.05, 0) is 31.1 Å². The Kier molecular flexibility index (Phi) is 41.8. The zero-order valence-corrected chi connectivity index (χ0v) is 38.3. The lowest BCUT2D eigenvalue weighted by atomic mass is 9.99. The molecule has 0 amide bonds. The fourth-order valence-electron chi connectivity index (χ4n) is 7.43. The van der Waals surface area contributed by atoms with Crippen LogP contribution in [0.4, 0.5) is 0 Å². The van der Waals surface area contributed by atoms with E-state index >= 15 is 0 Å². The zero-order valence-electron chi connectivity index (χ0n) is 38.3. The molecule has 0 bridgehead atoms. The van der Waals surface area contributed by atoms with Gasteiger partial charge >= 0.3 is 17.9 Å². The minimum absolute atomic E-state index is 0.0649. The molecule has 0 rings (SSSR count). The summed E-state index contributed by atoms with van der Waals surface area (Å²) in [5, 5.41) is 0. The van der Waals surface area contributed by atoms with Crippen LogP contribution >= 0.6 is 0 Å². The highest BCUT2D eigenvalue weighted by Gasteiger charge is 2.19. The van der Waals surface area contributed by atoms with Crippen LogP contribution in [0.2, 0.25) is 0 Å². The highest BCUT2D eigenvalue weighted by Crippen LogP contribution is 2.17. The molecule has 332 valence electrons. The number of esters is 3. The summed E-state index contributed by atoms with van der Waals surface area (Å²) in [4.78, 5) is 37.8. The van der Waals surface area contributed by atoms with Gasteiger partial charge in [0.05, 0.1) is 0 Å². The quantitative estimate of drug-likeness (QED) is 0.0347. The van der Waals surface area contributed by atoms with Gasteiger partial charge in [0.25, 0.3) is 0 Å². The van der Waals surface area contributed by atoms with E-state index in [4.69, 9.17) is 14.2 Å². The average Bonchev–Trinajstić information content (AvgIpc) is 3.18. The highest BCUT2D eigenvalue weighted by molar-refractivity contribution is 5.71. The molecule has 0 saturated carbocycles. The maximum absolute atomic E-state index is 12.7. The fraction of sp³-hybridized carbons (Fsp3) is 0.940. The fourth-order valence-corrected chi connectivity index (χ4v) is 7.43. The van der Waals surface area contributed by atoms with Crippen molar-refractivity contribution in [2.45, 2.75) is 278 Å². The number of ether oxygens (including phenoxy) is 3.